The number of rotatable bonds is 5. The van der Waals surface area contributed by atoms with Gasteiger partial charge in [-0.2, -0.15) is 0 Å². The van der Waals surface area contributed by atoms with E-state index < -0.39 is 23.4 Å². The van der Waals surface area contributed by atoms with Crippen LogP contribution in [0.1, 0.15) is 30.6 Å². The molecule has 3 amide bonds. The van der Waals surface area contributed by atoms with Crippen molar-refractivity contribution in [3.8, 4) is 0 Å². The molecule has 7 heteroatoms. The van der Waals surface area contributed by atoms with Gasteiger partial charge in [-0.25, -0.2) is 9.59 Å². The molecule has 0 radical (unpaired) electrons. The summed E-state index contributed by atoms with van der Waals surface area (Å²) >= 11 is 0. The Balaban J connectivity index is 2.71. The van der Waals surface area contributed by atoms with Crippen molar-refractivity contribution in [2.75, 3.05) is 5.32 Å². The Morgan fingerprint density at radius 2 is 1.80 bits per heavy atom. The number of hydrogen-bond donors (Lipinski definition) is 4. The van der Waals surface area contributed by atoms with Gasteiger partial charge in [0.2, 0.25) is 5.91 Å². The first-order valence-corrected chi connectivity index (χ1v) is 6.01. The Bertz CT molecular complexity index is 527. The molecule has 0 saturated carbocycles. The number of carbonyl (C=O) groups excluding carboxylic acids is 2. The normalized spacial score (nSPS) is 13.1. The first-order valence-electron chi connectivity index (χ1n) is 6.01. The van der Waals surface area contributed by atoms with Crippen LogP contribution in [-0.4, -0.2) is 28.6 Å². The SMILES string of the molecule is CCC(C)(NC(=O)Nc1ccc(C(N)=O)cc1)C(=O)O. The van der Waals surface area contributed by atoms with Gasteiger partial charge in [-0.15, -0.1) is 0 Å². The van der Waals surface area contributed by atoms with Crippen molar-refractivity contribution >= 4 is 23.6 Å². The van der Waals surface area contributed by atoms with E-state index >= 15 is 0 Å². The number of amides is 3. The molecular weight excluding hydrogens is 262 g/mol. The molecular formula is C13H17N3O4. The van der Waals surface area contributed by atoms with E-state index in [0.717, 1.165) is 0 Å². The Labute approximate surface area is 116 Å². The molecule has 0 saturated heterocycles. The summed E-state index contributed by atoms with van der Waals surface area (Å²) in [6.45, 7) is 3.08. The largest absolute Gasteiger partial charge is 0.480 e. The minimum atomic E-state index is -1.34. The van der Waals surface area contributed by atoms with Crippen LogP contribution in [-0.2, 0) is 4.79 Å². The number of carbonyl (C=O) groups is 3. The van der Waals surface area contributed by atoms with Crippen LogP contribution in [0.15, 0.2) is 24.3 Å². The lowest BCUT2D eigenvalue weighted by atomic mass is 10.00. The van der Waals surface area contributed by atoms with Crippen molar-refractivity contribution in [3.63, 3.8) is 0 Å². The molecule has 108 valence electrons. The van der Waals surface area contributed by atoms with Gasteiger partial charge < -0.3 is 21.5 Å². The van der Waals surface area contributed by atoms with Gasteiger partial charge in [-0.1, -0.05) is 6.92 Å². The fourth-order valence-electron chi connectivity index (χ4n) is 1.42. The van der Waals surface area contributed by atoms with Gasteiger partial charge >= 0.3 is 12.0 Å². The van der Waals surface area contributed by atoms with Crippen LogP contribution in [0.5, 0.6) is 0 Å². The molecule has 0 aliphatic carbocycles. The summed E-state index contributed by atoms with van der Waals surface area (Å²) in [7, 11) is 0. The second kappa shape index (κ2) is 6.05. The summed E-state index contributed by atoms with van der Waals surface area (Å²) in [5, 5.41) is 13.9. The third-order valence-electron chi connectivity index (χ3n) is 3.00. The van der Waals surface area contributed by atoms with Crippen LogP contribution >= 0.6 is 0 Å². The van der Waals surface area contributed by atoms with Gasteiger partial charge in [0.05, 0.1) is 0 Å². The maximum atomic E-state index is 11.7. The van der Waals surface area contributed by atoms with Gasteiger partial charge in [0.15, 0.2) is 0 Å². The van der Waals surface area contributed by atoms with Crippen LogP contribution in [0.25, 0.3) is 0 Å². The van der Waals surface area contributed by atoms with Crippen molar-refractivity contribution in [3.05, 3.63) is 29.8 Å². The maximum Gasteiger partial charge on any atom is 0.329 e. The summed E-state index contributed by atoms with van der Waals surface area (Å²) in [5.41, 5.74) is 4.51. The number of primary amides is 1. The second-order valence-electron chi connectivity index (χ2n) is 4.51. The molecule has 1 rings (SSSR count). The van der Waals surface area contributed by atoms with Crippen molar-refractivity contribution < 1.29 is 19.5 Å². The fraction of sp³-hybridized carbons (Fsp3) is 0.308. The highest BCUT2D eigenvalue weighted by molar-refractivity contribution is 5.95. The van der Waals surface area contributed by atoms with E-state index in [9.17, 15) is 14.4 Å². The van der Waals surface area contributed by atoms with Crippen molar-refractivity contribution in [1.82, 2.24) is 5.32 Å². The first kappa shape index (κ1) is 15.5. The summed E-state index contributed by atoms with van der Waals surface area (Å²) in [6.07, 6.45) is 0.246. The number of urea groups is 1. The summed E-state index contributed by atoms with van der Waals surface area (Å²) in [5.74, 6) is -1.68. The lowest BCUT2D eigenvalue weighted by Crippen LogP contribution is -2.53. The lowest BCUT2D eigenvalue weighted by Gasteiger charge is -2.24. The molecule has 0 aliphatic heterocycles. The molecule has 0 bridgehead atoms. The van der Waals surface area contributed by atoms with Crippen LogP contribution in [0.4, 0.5) is 10.5 Å². The molecule has 7 nitrogen and oxygen atoms in total. The molecule has 5 N–H and O–H groups in total. The van der Waals surface area contributed by atoms with Gasteiger partial charge in [-0.3, -0.25) is 4.79 Å². The molecule has 0 heterocycles. The molecule has 1 atom stereocenters. The van der Waals surface area contributed by atoms with E-state index in [1.165, 1.54) is 31.2 Å². The third kappa shape index (κ3) is 3.71. The van der Waals surface area contributed by atoms with E-state index in [1.807, 2.05) is 0 Å². The topological polar surface area (TPSA) is 122 Å². The highest BCUT2D eigenvalue weighted by Gasteiger charge is 2.32. The minimum Gasteiger partial charge on any atom is -0.480 e. The zero-order valence-electron chi connectivity index (χ0n) is 11.3. The fourth-order valence-corrected chi connectivity index (χ4v) is 1.42. The number of anilines is 1. The quantitative estimate of drug-likeness (QED) is 0.646. The number of benzene rings is 1. The van der Waals surface area contributed by atoms with E-state index in [2.05, 4.69) is 10.6 Å². The predicted octanol–water partition coefficient (Wildman–Crippen LogP) is 1.16. The average molecular weight is 279 g/mol. The Kier molecular flexibility index (Phi) is 4.68. The predicted molar refractivity (Wildman–Crippen MR) is 73.4 cm³/mol. The number of carboxylic acid groups (broad SMARTS) is 1. The van der Waals surface area contributed by atoms with Crippen LogP contribution < -0.4 is 16.4 Å². The van der Waals surface area contributed by atoms with E-state index in [-0.39, 0.29) is 6.42 Å². The van der Waals surface area contributed by atoms with Gasteiger partial charge in [0, 0.05) is 11.3 Å². The Morgan fingerprint density at radius 3 is 2.20 bits per heavy atom. The summed E-state index contributed by atoms with van der Waals surface area (Å²) in [4.78, 5) is 33.7. The standard InChI is InChI=1S/C13H17N3O4/c1-3-13(2,11(18)19)16-12(20)15-9-6-4-8(5-7-9)10(14)17/h4-7H,3H2,1-2H3,(H2,14,17)(H,18,19)(H2,15,16,20). The second-order valence-corrected chi connectivity index (χ2v) is 4.51. The lowest BCUT2D eigenvalue weighted by molar-refractivity contribution is -0.143. The molecule has 20 heavy (non-hydrogen) atoms. The highest BCUT2D eigenvalue weighted by Crippen LogP contribution is 2.12. The number of nitrogens with one attached hydrogen (secondary N) is 2. The molecule has 1 aromatic rings. The van der Waals surface area contributed by atoms with Gasteiger partial charge in [-0.05, 0) is 37.6 Å². The zero-order valence-corrected chi connectivity index (χ0v) is 11.3. The zero-order chi connectivity index (χ0) is 15.3. The Morgan fingerprint density at radius 1 is 1.25 bits per heavy atom. The summed E-state index contributed by atoms with van der Waals surface area (Å²) < 4.78 is 0. The average Bonchev–Trinajstić information content (AvgIpc) is 2.38. The number of carboxylic acids is 1. The van der Waals surface area contributed by atoms with Gasteiger partial charge in [0.25, 0.3) is 0 Å². The highest BCUT2D eigenvalue weighted by atomic mass is 16.4. The van der Waals surface area contributed by atoms with Gasteiger partial charge in [0.1, 0.15) is 5.54 Å². The van der Waals surface area contributed by atoms with Crippen molar-refractivity contribution in [1.29, 1.82) is 0 Å². The summed E-state index contributed by atoms with van der Waals surface area (Å²) in [6, 6.07) is 5.30. The maximum absolute atomic E-state index is 11.7. The number of nitrogens with two attached hydrogens (primary N) is 1. The van der Waals surface area contributed by atoms with E-state index in [0.29, 0.717) is 11.3 Å². The van der Waals surface area contributed by atoms with Crippen LogP contribution in [0, 0.1) is 0 Å². The van der Waals surface area contributed by atoms with E-state index in [1.54, 1.807) is 6.92 Å². The monoisotopic (exact) mass is 279 g/mol. The smallest absolute Gasteiger partial charge is 0.329 e. The van der Waals surface area contributed by atoms with Crippen LogP contribution in [0.3, 0.4) is 0 Å². The Hall–Kier alpha value is -2.57. The number of aliphatic carboxylic acids is 1. The van der Waals surface area contributed by atoms with Crippen molar-refractivity contribution in [2.45, 2.75) is 25.8 Å². The molecule has 0 aromatic heterocycles. The minimum absolute atomic E-state index is 0.246. The van der Waals surface area contributed by atoms with E-state index in [4.69, 9.17) is 10.8 Å². The molecule has 0 aliphatic rings. The number of hydrogen-bond acceptors (Lipinski definition) is 3. The molecule has 1 aromatic carbocycles. The third-order valence-corrected chi connectivity index (χ3v) is 3.00. The molecule has 1 unspecified atom stereocenters. The van der Waals surface area contributed by atoms with Crippen molar-refractivity contribution in [2.24, 2.45) is 5.73 Å². The molecule has 0 spiro atoms. The van der Waals surface area contributed by atoms with Crippen LogP contribution in [0.2, 0.25) is 0 Å². The molecule has 0 fully saturated rings. The first-order chi connectivity index (χ1) is 9.28.